The van der Waals surface area contributed by atoms with E-state index in [4.69, 9.17) is 35.8 Å². The lowest BCUT2D eigenvalue weighted by Gasteiger charge is -2.06. The van der Waals surface area contributed by atoms with Crippen LogP contribution in [0.2, 0.25) is 10.0 Å². The maximum Gasteiger partial charge on any atom is 0.0392 e. The van der Waals surface area contributed by atoms with E-state index in [1.807, 2.05) is 0 Å². The third-order valence-corrected chi connectivity index (χ3v) is 1.91. The summed E-state index contributed by atoms with van der Waals surface area (Å²) < 4.78 is 0. The van der Waals surface area contributed by atoms with Gasteiger partial charge in [-0.15, -0.1) is 0 Å². The highest BCUT2D eigenvalue weighted by atomic mass is 35.5. The fourth-order valence-electron chi connectivity index (χ4n) is 0.477. The molecule has 0 N–H and O–H groups in total. The molecular formula is C6H3Cl2S-. The molecule has 0 aliphatic rings. The van der Waals surface area contributed by atoms with E-state index >= 15 is 0 Å². The van der Waals surface area contributed by atoms with Crippen molar-refractivity contribution in [1.29, 1.82) is 0 Å². The Labute approximate surface area is 69.2 Å². The maximum atomic E-state index is 5.62. The summed E-state index contributed by atoms with van der Waals surface area (Å²) in [6.07, 6.45) is 0. The Morgan fingerprint density at radius 2 is 1.89 bits per heavy atom. The summed E-state index contributed by atoms with van der Waals surface area (Å²) >= 11 is 16.0. The van der Waals surface area contributed by atoms with Gasteiger partial charge in [-0.05, 0) is 12.1 Å². The Morgan fingerprint density at radius 1 is 1.22 bits per heavy atom. The van der Waals surface area contributed by atoms with Crippen LogP contribution in [0.15, 0.2) is 23.1 Å². The van der Waals surface area contributed by atoms with Crippen LogP contribution in [0, 0.1) is 0 Å². The van der Waals surface area contributed by atoms with Crippen LogP contribution in [0.4, 0.5) is 0 Å². The van der Waals surface area contributed by atoms with Crippen molar-refractivity contribution in [2.45, 2.75) is 4.90 Å². The molecule has 0 radical (unpaired) electrons. The molecule has 48 valence electrons. The highest BCUT2D eigenvalue weighted by Crippen LogP contribution is 2.19. The summed E-state index contributed by atoms with van der Waals surface area (Å²) in [7, 11) is 0. The second-order valence-electron chi connectivity index (χ2n) is 1.57. The largest absolute Gasteiger partial charge is 0.778 e. The lowest BCUT2D eigenvalue weighted by Crippen LogP contribution is -1.71. The Bertz CT molecular complexity index is 222. The van der Waals surface area contributed by atoms with E-state index in [2.05, 4.69) is 0 Å². The van der Waals surface area contributed by atoms with Crippen LogP contribution in [0.5, 0.6) is 0 Å². The molecule has 1 rings (SSSR count). The number of rotatable bonds is 0. The van der Waals surface area contributed by atoms with Crippen molar-refractivity contribution in [2.24, 2.45) is 0 Å². The van der Waals surface area contributed by atoms with E-state index in [0.717, 1.165) is 0 Å². The molecule has 0 nitrogen and oxygen atoms in total. The average molecular weight is 178 g/mol. The van der Waals surface area contributed by atoms with E-state index < -0.39 is 0 Å². The van der Waals surface area contributed by atoms with Gasteiger partial charge in [0.2, 0.25) is 0 Å². The predicted octanol–water partition coefficient (Wildman–Crippen LogP) is 2.90. The number of hydrogen-bond acceptors (Lipinski definition) is 1. The zero-order valence-corrected chi connectivity index (χ0v) is 6.72. The molecule has 0 unspecified atom stereocenters. The molecule has 0 amide bonds. The monoisotopic (exact) mass is 177 g/mol. The maximum absolute atomic E-state index is 5.62. The van der Waals surface area contributed by atoms with E-state index in [-0.39, 0.29) is 0 Å². The van der Waals surface area contributed by atoms with E-state index in [1.165, 1.54) is 0 Å². The molecule has 0 aliphatic heterocycles. The van der Waals surface area contributed by atoms with Crippen LogP contribution in [0.25, 0.3) is 0 Å². The molecule has 0 atom stereocenters. The first-order chi connectivity index (χ1) is 4.20. The van der Waals surface area contributed by atoms with Crippen LogP contribution in [0.3, 0.4) is 0 Å². The van der Waals surface area contributed by atoms with Gasteiger partial charge in [-0.25, -0.2) is 0 Å². The quantitative estimate of drug-likeness (QED) is 0.550. The summed E-state index contributed by atoms with van der Waals surface area (Å²) in [6.45, 7) is 0. The van der Waals surface area contributed by atoms with Gasteiger partial charge in [-0.1, -0.05) is 29.3 Å². The number of benzene rings is 1. The number of hydrogen-bond donors (Lipinski definition) is 0. The molecule has 1 aromatic carbocycles. The van der Waals surface area contributed by atoms with Crippen LogP contribution >= 0.6 is 23.2 Å². The average Bonchev–Trinajstić information content (AvgIpc) is 1.80. The molecule has 0 saturated heterocycles. The summed E-state index contributed by atoms with van der Waals surface area (Å²) in [6, 6.07) is 5.05. The van der Waals surface area contributed by atoms with Gasteiger partial charge >= 0.3 is 0 Å². The summed E-state index contributed by atoms with van der Waals surface area (Å²) in [5.74, 6) is 0. The first kappa shape index (κ1) is 7.13. The second-order valence-corrected chi connectivity index (χ2v) is 2.86. The van der Waals surface area contributed by atoms with Gasteiger partial charge in [-0.2, -0.15) is 4.90 Å². The number of halogens is 2. The summed E-state index contributed by atoms with van der Waals surface area (Å²) in [5, 5.41) is 1.21. The third kappa shape index (κ3) is 1.71. The molecule has 0 heterocycles. The minimum atomic E-state index is 0.578. The fourth-order valence-corrected chi connectivity index (χ4v) is 1.03. The van der Waals surface area contributed by atoms with Gasteiger partial charge in [0.25, 0.3) is 0 Å². The van der Waals surface area contributed by atoms with Crippen molar-refractivity contribution in [1.82, 2.24) is 0 Å². The van der Waals surface area contributed by atoms with Crippen LogP contribution in [-0.2, 0) is 12.6 Å². The molecule has 9 heavy (non-hydrogen) atoms. The van der Waals surface area contributed by atoms with Gasteiger partial charge in [0.05, 0.1) is 0 Å². The highest BCUT2D eigenvalue weighted by molar-refractivity contribution is 7.59. The van der Waals surface area contributed by atoms with Crippen LogP contribution in [0.1, 0.15) is 0 Å². The summed E-state index contributed by atoms with van der Waals surface area (Å²) in [5.41, 5.74) is 0. The first-order valence-electron chi connectivity index (χ1n) is 2.32. The standard InChI is InChI=1S/C6H4Cl2S/c7-4-1-2-5(8)6(9)3-4/h1-3,9H/p-1. The molecule has 0 aliphatic carbocycles. The molecule has 0 spiro atoms. The zero-order valence-electron chi connectivity index (χ0n) is 4.40. The molecule has 0 aromatic heterocycles. The van der Waals surface area contributed by atoms with Crippen molar-refractivity contribution in [3.8, 4) is 0 Å². The van der Waals surface area contributed by atoms with Crippen molar-refractivity contribution >= 4 is 35.8 Å². The smallest absolute Gasteiger partial charge is 0.0392 e. The van der Waals surface area contributed by atoms with E-state index in [9.17, 15) is 0 Å². The van der Waals surface area contributed by atoms with Crippen molar-refractivity contribution in [3.63, 3.8) is 0 Å². The predicted molar refractivity (Wildman–Crippen MR) is 42.1 cm³/mol. The van der Waals surface area contributed by atoms with Crippen molar-refractivity contribution in [2.75, 3.05) is 0 Å². The van der Waals surface area contributed by atoms with Gasteiger partial charge in [0, 0.05) is 10.0 Å². The normalized spacial score (nSPS) is 9.56. The Morgan fingerprint density at radius 3 is 2.33 bits per heavy atom. The van der Waals surface area contributed by atoms with Gasteiger partial charge in [0.15, 0.2) is 0 Å². The van der Waals surface area contributed by atoms with Crippen LogP contribution < -0.4 is 0 Å². The van der Waals surface area contributed by atoms with Gasteiger partial charge in [-0.3, -0.25) is 0 Å². The Kier molecular flexibility index (Phi) is 2.17. The Hall–Kier alpha value is 0.0200. The van der Waals surface area contributed by atoms with Crippen molar-refractivity contribution < 1.29 is 0 Å². The Balaban J connectivity index is 3.17. The molecule has 0 saturated carbocycles. The molecule has 3 heteroatoms. The van der Waals surface area contributed by atoms with Crippen molar-refractivity contribution in [3.05, 3.63) is 28.2 Å². The SMILES string of the molecule is [S-]c1cc(Cl)ccc1Cl. The van der Waals surface area contributed by atoms with E-state index in [0.29, 0.717) is 14.9 Å². The van der Waals surface area contributed by atoms with Crippen LogP contribution in [-0.4, -0.2) is 0 Å². The van der Waals surface area contributed by atoms with Gasteiger partial charge in [0.1, 0.15) is 0 Å². The van der Waals surface area contributed by atoms with Gasteiger partial charge < -0.3 is 12.6 Å². The zero-order chi connectivity index (χ0) is 6.85. The molecular weight excluding hydrogens is 175 g/mol. The fraction of sp³-hybridized carbons (Fsp3) is 0. The summed E-state index contributed by atoms with van der Waals surface area (Å²) in [4.78, 5) is 0.601. The lowest BCUT2D eigenvalue weighted by atomic mass is 10.4. The van der Waals surface area contributed by atoms with E-state index in [1.54, 1.807) is 18.2 Å². The first-order valence-corrected chi connectivity index (χ1v) is 3.48. The second kappa shape index (κ2) is 2.74. The molecule has 0 fully saturated rings. The molecule has 1 aromatic rings. The lowest BCUT2D eigenvalue weighted by molar-refractivity contribution is 1.47. The topological polar surface area (TPSA) is 0 Å². The minimum Gasteiger partial charge on any atom is -0.778 e. The minimum absolute atomic E-state index is 0.578. The highest BCUT2D eigenvalue weighted by Gasteiger charge is 1.86. The molecule has 0 bridgehead atoms. The third-order valence-electron chi connectivity index (χ3n) is 0.893.